The number of rotatable bonds is 7. The second kappa shape index (κ2) is 9.33. The normalized spacial score (nSPS) is 10.1. The van der Waals surface area contributed by atoms with Crippen LogP contribution in [0.1, 0.15) is 26.3 Å². The van der Waals surface area contributed by atoms with Crippen molar-refractivity contribution in [2.75, 3.05) is 26.1 Å². The number of nitrogens with two attached hydrogens (primary N) is 1. The summed E-state index contributed by atoms with van der Waals surface area (Å²) < 4.78 is 9.27. The minimum absolute atomic E-state index is 0.151. The molecule has 7 heteroatoms. The molecule has 2 rings (SSSR count). The Balaban J connectivity index is 1.78. The van der Waals surface area contributed by atoms with E-state index in [-0.39, 0.29) is 18.4 Å². The maximum absolute atomic E-state index is 12.0. The number of esters is 2. The predicted octanol–water partition coefficient (Wildman–Crippen LogP) is 0.962. The molecule has 0 bridgehead atoms. The van der Waals surface area contributed by atoms with Crippen LogP contribution in [0.4, 0.5) is 5.69 Å². The summed E-state index contributed by atoms with van der Waals surface area (Å²) in [7, 11) is 2.66. The summed E-state index contributed by atoms with van der Waals surface area (Å²) in [4.78, 5) is 34.7. The molecule has 2 aromatic carbocycles. The zero-order valence-electron chi connectivity index (χ0n) is 14.7. The van der Waals surface area contributed by atoms with Gasteiger partial charge >= 0.3 is 11.9 Å². The Bertz CT molecular complexity index is 770. The first-order valence-electron chi connectivity index (χ1n) is 8.00. The molecule has 0 atom stereocenters. The van der Waals surface area contributed by atoms with Crippen molar-refractivity contribution in [1.82, 2.24) is 0 Å². The lowest BCUT2D eigenvalue weighted by atomic mass is 10.1. The van der Waals surface area contributed by atoms with E-state index in [1.807, 2.05) is 17.4 Å². The summed E-state index contributed by atoms with van der Waals surface area (Å²) in [5.41, 5.74) is 2.52. The number of hydrogen-bond donors (Lipinski definition) is 2. The Labute approximate surface area is 151 Å². The third-order valence-electron chi connectivity index (χ3n) is 3.67. The van der Waals surface area contributed by atoms with Crippen molar-refractivity contribution in [2.24, 2.45) is 0 Å². The highest BCUT2D eigenvalue weighted by Crippen LogP contribution is 2.10. The van der Waals surface area contributed by atoms with Crippen LogP contribution in [-0.4, -0.2) is 38.6 Å². The standard InChI is InChI=1S/C19H20N2O5/c1-25-18(23)14-5-3-13(4-6-14)11-20-12-17(22)21-16-9-7-15(8-10-16)19(24)26-2/h3-10,20H,11-12H2,1-2H3,(H,21,22)/p+1. The fourth-order valence-electron chi connectivity index (χ4n) is 2.28. The SMILES string of the molecule is COC(=O)c1ccc(C[NH2+]CC(=O)Nc2ccc(C(=O)OC)cc2)cc1. The number of benzene rings is 2. The van der Waals surface area contributed by atoms with Crippen LogP contribution in [-0.2, 0) is 20.8 Å². The molecule has 0 saturated heterocycles. The number of carbonyl (C=O) groups is 3. The van der Waals surface area contributed by atoms with E-state index in [4.69, 9.17) is 0 Å². The van der Waals surface area contributed by atoms with E-state index in [1.54, 1.807) is 36.4 Å². The zero-order valence-corrected chi connectivity index (χ0v) is 14.7. The van der Waals surface area contributed by atoms with Crippen molar-refractivity contribution in [3.05, 3.63) is 65.2 Å². The van der Waals surface area contributed by atoms with Gasteiger partial charge in [-0.3, -0.25) is 4.79 Å². The van der Waals surface area contributed by atoms with Crippen molar-refractivity contribution in [1.29, 1.82) is 0 Å². The average Bonchev–Trinajstić information content (AvgIpc) is 2.68. The predicted molar refractivity (Wildman–Crippen MR) is 94.7 cm³/mol. The molecular formula is C19H21N2O5+. The lowest BCUT2D eigenvalue weighted by Gasteiger charge is -2.06. The van der Waals surface area contributed by atoms with E-state index < -0.39 is 5.97 Å². The van der Waals surface area contributed by atoms with Crippen LogP contribution >= 0.6 is 0 Å². The third kappa shape index (κ3) is 5.42. The van der Waals surface area contributed by atoms with E-state index in [1.165, 1.54) is 14.2 Å². The van der Waals surface area contributed by atoms with Crippen LogP contribution in [0.3, 0.4) is 0 Å². The molecule has 0 radical (unpaired) electrons. The number of nitrogens with one attached hydrogen (secondary N) is 1. The maximum atomic E-state index is 12.0. The lowest BCUT2D eigenvalue weighted by molar-refractivity contribution is -0.659. The molecule has 0 aliphatic rings. The Morgan fingerprint density at radius 1 is 0.846 bits per heavy atom. The van der Waals surface area contributed by atoms with Gasteiger partial charge in [0.05, 0.1) is 25.3 Å². The number of quaternary nitrogens is 1. The van der Waals surface area contributed by atoms with Gasteiger partial charge in [0.2, 0.25) is 0 Å². The Morgan fingerprint density at radius 3 is 1.85 bits per heavy atom. The van der Waals surface area contributed by atoms with Gasteiger partial charge in [-0.15, -0.1) is 0 Å². The quantitative estimate of drug-likeness (QED) is 0.719. The molecule has 0 aliphatic carbocycles. The lowest BCUT2D eigenvalue weighted by Crippen LogP contribution is -2.84. The summed E-state index contributed by atoms with van der Waals surface area (Å²) in [6, 6.07) is 13.5. The number of hydrogen-bond acceptors (Lipinski definition) is 5. The second-order valence-electron chi connectivity index (χ2n) is 5.50. The number of methoxy groups -OCH3 is 2. The molecule has 7 nitrogen and oxygen atoms in total. The molecule has 0 aliphatic heterocycles. The van der Waals surface area contributed by atoms with Gasteiger partial charge in [0.25, 0.3) is 5.91 Å². The Morgan fingerprint density at radius 2 is 1.35 bits per heavy atom. The van der Waals surface area contributed by atoms with Crippen molar-refractivity contribution in [2.45, 2.75) is 6.54 Å². The fourth-order valence-corrected chi connectivity index (χ4v) is 2.28. The molecule has 1 amide bonds. The zero-order chi connectivity index (χ0) is 18.9. The van der Waals surface area contributed by atoms with E-state index >= 15 is 0 Å². The summed E-state index contributed by atoms with van der Waals surface area (Å²) >= 11 is 0. The van der Waals surface area contributed by atoms with Crippen LogP contribution < -0.4 is 10.6 Å². The molecule has 2 aromatic rings. The first-order chi connectivity index (χ1) is 12.5. The monoisotopic (exact) mass is 357 g/mol. The topological polar surface area (TPSA) is 98.3 Å². The van der Waals surface area contributed by atoms with Crippen LogP contribution in [0.5, 0.6) is 0 Å². The molecule has 3 N–H and O–H groups in total. The van der Waals surface area contributed by atoms with Gasteiger partial charge in [0.1, 0.15) is 6.54 Å². The van der Waals surface area contributed by atoms with Gasteiger partial charge < -0.3 is 20.1 Å². The smallest absolute Gasteiger partial charge is 0.337 e. The molecule has 0 spiro atoms. The van der Waals surface area contributed by atoms with Crippen molar-refractivity contribution in [3.8, 4) is 0 Å². The fraction of sp³-hybridized carbons (Fsp3) is 0.211. The van der Waals surface area contributed by atoms with Crippen molar-refractivity contribution in [3.63, 3.8) is 0 Å². The highest BCUT2D eigenvalue weighted by Gasteiger charge is 2.08. The summed E-state index contributed by atoms with van der Waals surface area (Å²) in [6.45, 7) is 0.855. The largest absolute Gasteiger partial charge is 0.465 e. The Hall–Kier alpha value is -3.19. The first-order valence-corrected chi connectivity index (χ1v) is 8.00. The molecule has 26 heavy (non-hydrogen) atoms. The first kappa shape index (κ1) is 19.1. The molecular weight excluding hydrogens is 336 g/mol. The summed E-state index contributed by atoms with van der Waals surface area (Å²) in [6.07, 6.45) is 0. The molecule has 0 saturated carbocycles. The highest BCUT2D eigenvalue weighted by molar-refractivity contribution is 5.93. The van der Waals surface area contributed by atoms with Gasteiger partial charge in [0.15, 0.2) is 6.54 Å². The third-order valence-corrected chi connectivity index (χ3v) is 3.67. The van der Waals surface area contributed by atoms with E-state index in [9.17, 15) is 14.4 Å². The van der Waals surface area contributed by atoms with E-state index in [2.05, 4.69) is 14.8 Å². The molecule has 0 unspecified atom stereocenters. The number of anilines is 1. The highest BCUT2D eigenvalue weighted by atomic mass is 16.5. The van der Waals surface area contributed by atoms with Gasteiger partial charge in [-0.1, -0.05) is 12.1 Å². The molecule has 0 fully saturated rings. The minimum Gasteiger partial charge on any atom is -0.465 e. The van der Waals surface area contributed by atoms with Gasteiger partial charge in [-0.2, -0.15) is 0 Å². The minimum atomic E-state index is -0.422. The number of amides is 1. The summed E-state index contributed by atoms with van der Waals surface area (Å²) in [5.74, 6) is -0.949. The van der Waals surface area contributed by atoms with Crippen LogP contribution in [0.25, 0.3) is 0 Å². The second-order valence-corrected chi connectivity index (χ2v) is 5.50. The number of carbonyl (C=O) groups excluding carboxylic acids is 3. The van der Waals surface area contributed by atoms with Gasteiger partial charge in [-0.25, -0.2) is 9.59 Å². The summed E-state index contributed by atoms with van der Waals surface area (Å²) in [5, 5.41) is 4.61. The average molecular weight is 357 g/mol. The van der Waals surface area contributed by atoms with Crippen LogP contribution in [0.2, 0.25) is 0 Å². The van der Waals surface area contributed by atoms with Gasteiger partial charge in [-0.05, 0) is 36.4 Å². The van der Waals surface area contributed by atoms with Gasteiger partial charge in [0, 0.05) is 11.3 Å². The number of ether oxygens (including phenoxy) is 2. The van der Waals surface area contributed by atoms with Crippen molar-refractivity contribution < 1.29 is 29.2 Å². The van der Waals surface area contributed by atoms with Crippen LogP contribution in [0.15, 0.2) is 48.5 Å². The Kier molecular flexibility index (Phi) is 6.87. The molecule has 0 heterocycles. The van der Waals surface area contributed by atoms with E-state index in [0.29, 0.717) is 23.4 Å². The van der Waals surface area contributed by atoms with Crippen molar-refractivity contribution >= 4 is 23.5 Å². The molecule has 0 aromatic heterocycles. The molecule has 136 valence electrons. The van der Waals surface area contributed by atoms with Crippen LogP contribution in [0, 0.1) is 0 Å². The van der Waals surface area contributed by atoms with E-state index in [0.717, 1.165) is 5.56 Å². The maximum Gasteiger partial charge on any atom is 0.337 e.